The maximum absolute atomic E-state index is 11.5. The molecule has 0 fully saturated rings. The minimum absolute atomic E-state index is 0. The van der Waals surface area contributed by atoms with Crippen molar-refractivity contribution in [3.8, 4) is 0 Å². The summed E-state index contributed by atoms with van der Waals surface area (Å²) in [5.41, 5.74) is 0.636. The first-order valence-corrected chi connectivity index (χ1v) is 7.40. The summed E-state index contributed by atoms with van der Waals surface area (Å²) in [5.74, 6) is -1.42. The van der Waals surface area contributed by atoms with E-state index in [1.165, 1.54) is 0 Å². The van der Waals surface area contributed by atoms with E-state index >= 15 is 0 Å². The summed E-state index contributed by atoms with van der Waals surface area (Å²) in [6.45, 7) is 0. The quantitative estimate of drug-likeness (QED) is 0.296. The van der Waals surface area contributed by atoms with Crippen molar-refractivity contribution in [2.24, 2.45) is 0 Å². The molecule has 0 aliphatic heterocycles. The van der Waals surface area contributed by atoms with Crippen molar-refractivity contribution in [1.29, 1.82) is 0 Å². The van der Waals surface area contributed by atoms with Crippen molar-refractivity contribution in [2.45, 2.75) is 0 Å². The van der Waals surface area contributed by atoms with E-state index in [1.54, 1.807) is 60.7 Å². The third-order valence-electron chi connectivity index (χ3n) is 2.21. The normalized spacial score (nSPS) is 9.58. The standard InChI is InChI=1S/C14H10O4.K.H2O4S.H/c15-13(11-7-3-1-4-8-11)17-18-14(16)12-9-5-2-6-10-12;;1-5(2,3)4;/h1-10H;;(H2,1,2,3,4);/q;+1;;-1. The molecule has 0 unspecified atom stereocenters. The fourth-order valence-corrected chi connectivity index (χ4v) is 1.32. The molecule has 0 aliphatic rings. The maximum Gasteiger partial charge on any atom is 1.00 e. The van der Waals surface area contributed by atoms with E-state index in [-0.39, 0.29) is 52.8 Å². The van der Waals surface area contributed by atoms with Crippen LogP contribution in [0.5, 0.6) is 0 Å². The molecule has 2 aromatic rings. The van der Waals surface area contributed by atoms with Crippen LogP contribution in [-0.4, -0.2) is 29.5 Å². The van der Waals surface area contributed by atoms with Crippen molar-refractivity contribution < 1.29 is 89.7 Å². The maximum atomic E-state index is 11.5. The van der Waals surface area contributed by atoms with Gasteiger partial charge in [-0.3, -0.25) is 9.11 Å². The summed E-state index contributed by atoms with van der Waals surface area (Å²) in [4.78, 5) is 31.9. The van der Waals surface area contributed by atoms with Crippen LogP contribution in [0.3, 0.4) is 0 Å². The Labute approximate surface area is 182 Å². The zero-order valence-corrected chi connectivity index (χ0v) is 16.5. The Kier molecular flexibility index (Phi) is 10.9. The van der Waals surface area contributed by atoms with Gasteiger partial charge in [-0.05, 0) is 24.3 Å². The second-order valence-corrected chi connectivity index (χ2v) is 4.82. The van der Waals surface area contributed by atoms with Crippen molar-refractivity contribution in [3.05, 3.63) is 71.8 Å². The summed E-state index contributed by atoms with van der Waals surface area (Å²) >= 11 is 0. The van der Waals surface area contributed by atoms with Crippen LogP contribution < -0.4 is 51.4 Å². The van der Waals surface area contributed by atoms with Gasteiger partial charge in [0.2, 0.25) is 0 Å². The van der Waals surface area contributed by atoms with Crippen LogP contribution >= 0.6 is 0 Å². The summed E-state index contributed by atoms with van der Waals surface area (Å²) in [6, 6.07) is 16.6. The van der Waals surface area contributed by atoms with E-state index in [9.17, 15) is 9.59 Å². The second-order valence-electron chi connectivity index (χ2n) is 3.92. The van der Waals surface area contributed by atoms with E-state index in [4.69, 9.17) is 17.5 Å². The Hall–Kier alpha value is -1.11. The molecule has 0 aromatic heterocycles. The van der Waals surface area contributed by atoms with Crippen molar-refractivity contribution in [2.75, 3.05) is 0 Å². The smallest absolute Gasteiger partial charge is 1.00 e. The molecule has 10 heteroatoms. The Morgan fingerprint density at radius 2 is 1.00 bits per heavy atom. The summed E-state index contributed by atoms with van der Waals surface area (Å²) in [5, 5.41) is 0. The number of benzene rings is 2. The molecule has 124 valence electrons. The van der Waals surface area contributed by atoms with E-state index < -0.39 is 22.3 Å². The largest absolute Gasteiger partial charge is 1.00 e. The van der Waals surface area contributed by atoms with Crippen LogP contribution in [0.4, 0.5) is 0 Å². The molecule has 0 saturated carbocycles. The number of hydrogen-bond acceptors (Lipinski definition) is 6. The number of carbonyl (C=O) groups excluding carboxylic acids is 2. The molecule has 0 bridgehead atoms. The Morgan fingerprint density at radius 3 is 1.25 bits per heavy atom. The van der Waals surface area contributed by atoms with Crippen molar-refractivity contribution in [1.82, 2.24) is 0 Å². The van der Waals surface area contributed by atoms with Gasteiger partial charge in [-0.15, -0.1) is 0 Å². The molecule has 2 N–H and O–H groups in total. The summed E-state index contributed by atoms with van der Waals surface area (Å²) in [6.07, 6.45) is 0. The zero-order chi connectivity index (χ0) is 17.3. The average molecular weight is 380 g/mol. The molecule has 0 spiro atoms. The number of rotatable bonds is 2. The fourth-order valence-electron chi connectivity index (χ4n) is 1.32. The topological polar surface area (TPSA) is 127 Å². The zero-order valence-electron chi connectivity index (χ0n) is 13.5. The van der Waals surface area contributed by atoms with Crippen LogP contribution in [0.15, 0.2) is 60.7 Å². The molecule has 0 aliphatic carbocycles. The van der Waals surface area contributed by atoms with E-state index in [1.807, 2.05) is 0 Å². The molecule has 2 aromatic carbocycles. The van der Waals surface area contributed by atoms with Gasteiger partial charge in [0.05, 0.1) is 11.1 Å². The Bertz CT molecular complexity index is 693. The third kappa shape index (κ3) is 10.6. The summed E-state index contributed by atoms with van der Waals surface area (Å²) < 4.78 is 31.6. The fraction of sp³-hybridized carbons (Fsp3) is 0. The first kappa shape index (κ1) is 22.9. The Balaban J connectivity index is 0. The first-order valence-electron chi connectivity index (χ1n) is 6.00. The molecular formula is C14H13KO8S. The molecule has 8 nitrogen and oxygen atoms in total. The predicted molar refractivity (Wildman–Crippen MR) is 79.0 cm³/mol. The molecule has 0 atom stereocenters. The molecule has 0 saturated heterocycles. The van der Waals surface area contributed by atoms with Crippen molar-refractivity contribution in [3.63, 3.8) is 0 Å². The monoisotopic (exact) mass is 380 g/mol. The van der Waals surface area contributed by atoms with E-state index in [2.05, 4.69) is 9.78 Å². The molecular weight excluding hydrogens is 367 g/mol. The van der Waals surface area contributed by atoms with Gasteiger partial charge in [0.1, 0.15) is 0 Å². The van der Waals surface area contributed by atoms with Gasteiger partial charge in [0.15, 0.2) is 0 Å². The number of carbonyl (C=O) groups is 2. The minimum atomic E-state index is -4.67. The van der Waals surface area contributed by atoms with E-state index in [0.29, 0.717) is 11.1 Å². The minimum Gasteiger partial charge on any atom is -1.00 e. The molecule has 24 heavy (non-hydrogen) atoms. The molecule has 0 heterocycles. The van der Waals surface area contributed by atoms with Gasteiger partial charge in [0, 0.05) is 0 Å². The van der Waals surface area contributed by atoms with E-state index in [0.717, 1.165) is 0 Å². The average Bonchev–Trinajstić information content (AvgIpc) is 2.52. The molecule has 2 rings (SSSR count). The van der Waals surface area contributed by atoms with Gasteiger partial charge in [-0.1, -0.05) is 36.4 Å². The first-order chi connectivity index (χ1) is 10.8. The van der Waals surface area contributed by atoms with Gasteiger partial charge in [-0.25, -0.2) is 19.4 Å². The van der Waals surface area contributed by atoms with Gasteiger partial charge in [-0.2, -0.15) is 8.42 Å². The van der Waals surface area contributed by atoms with Gasteiger partial charge >= 0.3 is 73.7 Å². The predicted octanol–water partition coefficient (Wildman–Crippen LogP) is -0.921. The van der Waals surface area contributed by atoms with Gasteiger partial charge in [0.25, 0.3) is 0 Å². The van der Waals surface area contributed by atoms with Gasteiger partial charge < -0.3 is 1.43 Å². The molecule has 0 amide bonds. The SMILES string of the molecule is O=C(OOC(=O)c1ccccc1)c1ccccc1.O=S(=O)(O)O.[H-].[K+]. The van der Waals surface area contributed by atoms with Crippen LogP contribution in [0.25, 0.3) is 0 Å². The second kappa shape index (κ2) is 11.4. The van der Waals surface area contributed by atoms with Crippen LogP contribution in [-0.2, 0) is 20.2 Å². The van der Waals surface area contributed by atoms with Crippen molar-refractivity contribution >= 4 is 22.3 Å². The van der Waals surface area contributed by atoms with Crippen LogP contribution in [0, 0.1) is 0 Å². The summed E-state index contributed by atoms with van der Waals surface area (Å²) in [7, 11) is -4.67. The Morgan fingerprint density at radius 1 is 0.750 bits per heavy atom. The number of hydrogen-bond donors (Lipinski definition) is 2. The third-order valence-corrected chi connectivity index (χ3v) is 2.21. The van der Waals surface area contributed by atoms with Crippen LogP contribution in [0.2, 0.25) is 0 Å². The van der Waals surface area contributed by atoms with Crippen LogP contribution in [0.1, 0.15) is 22.1 Å². The molecule has 0 radical (unpaired) electrons.